The van der Waals surface area contributed by atoms with Gasteiger partial charge in [0, 0.05) is 11.3 Å². The summed E-state index contributed by atoms with van der Waals surface area (Å²) in [4.78, 5) is 0.721. The number of nitrogens with one attached hydrogen (secondary N) is 1. The number of methoxy groups -OCH3 is 1. The molecule has 0 bridgehead atoms. The van der Waals surface area contributed by atoms with Gasteiger partial charge < -0.3 is 10.1 Å². The van der Waals surface area contributed by atoms with Gasteiger partial charge in [-0.15, -0.1) is 0 Å². The minimum Gasteiger partial charge on any atom is -0.497 e. The fourth-order valence-electron chi connectivity index (χ4n) is 2.08. The van der Waals surface area contributed by atoms with Crippen LogP contribution in [0, 0.1) is 0 Å². The first-order valence-corrected chi connectivity index (χ1v) is 7.68. The van der Waals surface area contributed by atoms with E-state index in [1.807, 2.05) is 24.3 Å². The average Bonchev–Trinajstić information content (AvgIpc) is 2.54. The number of ether oxygens (including phenoxy) is 1. The van der Waals surface area contributed by atoms with Crippen molar-refractivity contribution in [3.05, 3.63) is 59.7 Å². The van der Waals surface area contributed by atoms with Crippen LogP contribution in [0.15, 0.2) is 48.5 Å². The van der Waals surface area contributed by atoms with Gasteiger partial charge in [0.1, 0.15) is 10.7 Å². The molecule has 0 aliphatic heterocycles. The standard InChI is InChI=1S/C18H21NOS/c1-3-4-5-14-6-10-16(11-7-14)19-18(21)15-8-12-17(20-2)13-9-15/h6-13H,3-5H2,1-2H3,(H,19,21). The third-order valence-corrected chi connectivity index (χ3v) is 3.72. The van der Waals surface area contributed by atoms with E-state index in [1.54, 1.807) is 7.11 Å². The van der Waals surface area contributed by atoms with Crippen LogP contribution in [0.2, 0.25) is 0 Å². The van der Waals surface area contributed by atoms with Crippen molar-refractivity contribution in [2.75, 3.05) is 12.4 Å². The molecule has 2 nitrogen and oxygen atoms in total. The summed E-state index contributed by atoms with van der Waals surface area (Å²) in [7, 11) is 1.66. The first-order valence-electron chi connectivity index (χ1n) is 7.27. The molecule has 0 aliphatic carbocycles. The maximum atomic E-state index is 5.43. The molecule has 0 radical (unpaired) electrons. The lowest BCUT2D eigenvalue weighted by molar-refractivity contribution is 0.415. The average molecular weight is 299 g/mol. The lowest BCUT2D eigenvalue weighted by atomic mass is 10.1. The van der Waals surface area contributed by atoms with Gasteiger partial charge in [0.05, 0.1) is 7.11 Å². The number of unbranched alkanes of at least 4 members (excludes halogenated alkanes) is 1. The molecule has 0 fully saturated rings. The monoisotopic (exact) mass is 299 g/mol. The number of hydrogen-bond donors (Lipinski definition) is 1. The van der Waals surface area contributed by atoms with Gasteiger partial charge in [-0.25, -0.2) is 0 Å². The van der Waals surface area contributed by atoms with Gasteiger partial charge in [-0.1, -0.05) is 37.7 Å². The summed E-state index contributed by atoms with van der Waals surface area (Å²) < 4.78 is 5.15. The van der Waals surface area contributed by atoms with Crippen LogP contribution in [0.3, 0.4) is 0 Å². The number of rotatable bonds is 6. The zero-order chi connectivity index (χ0) is 15.1. The van der Waals surface area contributed by atoms with Gasteiger partial charge in [-0.05, 0) is 54.8 Å². The Balaban J connectivity index is 1.98. The van der Waals surface area contributed by atoms with Crippen LogP contribution in [-0.2, 0) is 6.42 Å². The van der Waals surface area contributed by atoms with Crippen molar-refractivity contribution in [3.8, 4) is 5.75 Å². The summed E-state index contributed by atoms with van der Waals surface area (Å²) >= 11 is 5.43. The molecule has 0 spiro atoms. The highest BCUT2D eigenvalue weighted by molar-refractivity contribution is 7.81. The summed E-state index contributed by atoms with van der Waals surface area (Å²) in [6.07, 6.45) is 3.60. The second kappa shape index (κ2) is 7.79. The lowest BCUT2D eigenvalue weighted by Gasteiger charge is -2.09. The number of anilines is 1. The summed E-state index contributed by atoms with van der Waals surface area (Å²) in [5.41, 5.74) is 3.38. The molecule has 3 heteroatoms. The van der Waals surface area contributed by atoms with E-state index in [9.17, 15) is 0 Å². The minimum atomic E-state index is 0.721. The molecule has 110 valence electrons. The third-order valence-electron chi connectivity index (χ3n) is 3.38. The van der Waals surface area contributed by atoms with Crippen LogP contribution in [0.5, 0.6) is 5.75 Å². The quantitative estimate of drug-likeness (QED) is 0.772. The molecular weight excluding hydrogens is 278 g/mol. The fraction of sp³-hybridized carbons (Fsp3) is 0.278. The molecule has 0 amide bonds. The second-order valence-corrected chi connectivity index (χ2v) is 5.39. The number of thiocarbonyl (C=S) groups is 1. The van der Waals surface area contributed by atoms with Crippen LogP contribution in [0.4, 0.5) is 5.69 Å². The Morgan fingerprint density at radius 3 is 2.29 bits per heavy atom. The first kappa shape index (κ1) is 15.5. The van der Waals surface area contributed by atoms with E-state index in [4.69, 9.17) is 17.0 Å². The van der Waals surface area contributed by atoms with Gasteiger partial charge in [-0.3, -0.25) is 0 Å². The molecule has 1 N–H and O–H groups in total. The Bertz CT molecular complexity index is 575. The normalized spacial score (nSPS) is 10.2. The molecule has 2 rings (SSSR count). The fourth-order valence-corrected chi connectivity index (χ4v) is 2.34. The number of aryl methyl sites for hydroxylation is 1. The van der Waals surface area contributed by atoms with Gasteiger partial charge in [0.2, 0.25) is 0 Å². The number of benzene rings is 2. The van der Waals surface area contributed by atoms with Crippen LogP contribution < -0.4 is 10.1 Å². The van der Waals surface area contributed by atoms with Crippen LogP contribution in [0.25, 0.3) is 0 Å². The molecule has 2 aromatic rings. The topological polar surface area (TPSA) is 21.3 Å². The van der Waals surface area contributed by atoms with E-state index in [0.717, 1.165) is 28.4 Å². The van der Waals surface area contributed by atoms with E-state index >= 15 is 0 Å². The predicted octanol–water partition coefficient (Wildman–Crippen LogP) is 4.83. The van der Waals surface area contributed by atoms with Crippen molar-refractivity contribution in [1.29, 1.82) is 0 Å². The SMILES string of the molecule is CCCCc1ccc(NC(=S)c2ccc(OC)cc2)cc1. The smallest absolute Gasteiger partial charge is 0.118 e. The van der Waals surface area contributed by atoms with Crippen LogP contribution in [0.1, 0.15) is 30.9 Å². The van der Waals surface area contributed by atoms with Crippen molar-refractivity contribution < 1.29 is 4.74 Å². The molecule has 0 unspecified atom stereocenters. The predicted molar refractivity (Wildman–Crippen MR) is 93.4 cm³/mol. The Labute approximate surface area is 132 Å². The zero-order valence-corrected chi connectivity index (χ0v) is 13.4. The van der Waals surface area contributed by atoms with E-state index in [0.29, 0.717) is 0 Å². The highest BCUT2D eigenvalue weighted by Crippen LogP contribution is 2.16. The molecule has 0 saturated heterocycles. The van der Waals surface area contributed by atoms with Crippen molar-refractivity contribution in [2.24, 2.45) is 0 Å². The van der Waals surface area contributed by atoms with Crippen LogP contribution in [-0.4, -0.2) is 12.1 Å². The zero-order valence-electron chi connectivity index (χ0n) is 12.6. The Kier molecular flexibility index (Phi) is 5.76. The van der Waals surface area contributed by atoms with E-state index in [-0.39, 0.29) is 0 Å². The van der Waals surface area contributed by atoms with Gasteiger partial charge in [0.25, 0.3) is 0 Å². The summed E-state index contributed by atoms with van der Waals surface area (Å²) in [5, 5.41) is 3.27. The molecular formula is C18H21NOS. The highest BCUT2D eigenvalue weighted by atomic mass is 32.1. The molecule has 0 saturated carbocycles. The van der Waals surface area contributed by atoms with E-state index in [2.05, 4.69) is 36.5 Å². The molecule has 0 aliphatic rings. The lowest BCUT2D eigenvalue weighted by Crippen LogP contribution is -2.10. The molecule has 21 heavy (non-hydrogen) atoms. The second-order valence-electron chi connectivity index (χ2n) is 4.98. The number of hydrogen-bond acceptors (Lipinski definition) is 2. The summed E-state index contributed by atoms with van der Waals surface area (Å²) in [6, 6.07) is 16.2. The molecule has 0 heterocycles. The Morgan fingerprint density at radius 2 is 1.71 bits per heavy atom. The molecule has 0 atom stereocenters. The largest absolute Gasteiger partial charge is 0.497 e. The maximum Gasteiger partial charge on any atom is 0.118 e. The first-order chi connectivity index (χ1) is 10.2. The third kappa shape index (κ3) is 4.57. The van der Waals surface area contributed by atoms with Crippen molar-refractivity contribution in [3.63, 3.8) is 0 Å². The van der Waals surface area contributed by atoms with Gasteiger partial charge in [0.15, 0.2) is 0 Å². The summed E-state index contributed by atoms with van der Waals surface area (Å²) in [5.74, 6) is 0.835. The van der Waals surface area contributed by atoms with E-state index in [1.165, 1.54) is 18.4 Å². The summed E-state index contributed by atoms with van der Waals surface area (Å²) in [6.45, 7) is 2.21. The van der Waals surface area contributed by atoms with E-state index < -0.39 is 0 Å². The van der Waals surface area contributed by atoms with Crippen LogP contribution >= 0.6 is 12.2 Å². The van der Waals surface area contributed by atoms with Crippen molar-refractivity contribution >= 4 is 22.9 Å². The van der Waals surface area contributed by atoms with Gasteiger partial charge in [-0.2, -0.15) is 0 Å². The molecule has 0 aromatic heterocycles. The molecule has 2 aromatic carbocycles. The van der Waals surface area contributed by atoms with Gasteiger partial charge >= 0.3 is 0 Å². The Morgan fingerprint density at radius 1 is 1.05 bits per heavy atom. The maximum absolute atomic E-state index is 5.43. The van der Waals surface area contributed by atoms with Crippen molar-refractivity contribution in [2.45, 2.75) is 26.2 Å². The Hall–Kier alpha value is -1.87. The van der Waals surface area contributed by atoms with Crippen molar-refractivity contribution in [1.82, 2.24) is 0 Å². The minimum absolute atomic E-state index is 0.721. The highest BCUT2D eigenvalue weighted by Gasteiger charge is 2.02.